The second-order valence-electron chi connectivity index (χ2n) is 3.48. The number of aromatic nitrogens is 2. The first-order valence-corrected chi connectivity index (χ1v) is 4.77. The van der Waals surface area contributed by atoms with Crippen LogP contribution in [0.3, 0.4) is 0 Å². The fraction of sp³-hybridized carbons (Fsp3) is 0.600. The Hall–Kier alpha value is -1.12. The van der Waals surface area contributed by atoms with Gasteiger partial charge in [-0.3, -0.25) is 0 Å². The van der Waals surface area contributed by atoms with Gasteiger partial charge >= 0.3 is 0 Å². The van der Waals surface area contributed by atoms with Crippen LogP contribution in [0.25, 0.3) is 0 Å². The first kappa shape index (κ1) is 9.96. The fourth-order valence-corrected chi connectivity index (χ4v) is 1.28. The Morgan fingerprint density at radius 2 is 1.92 bits per heavy atom. The number of hydrogen-bond acceptors (Lipinski definition) is 3. The molecule has 3 nitrogen and oxygen atoms in total. The SMILES string of the molecule is CC[C@@H](Nc1ncccn1)C(C)C. The number of hydrogen-bond donors (Lipinski definition) is 1. The van der Waals surface area contributed by atoms with E-state index in [0.29, 0.717) is 12.0 Å². The molecule has 0 aliphatic rings. The lowest BCUT2D eigenvalue weighted by Gasteiger charge is -2.20. The summed E-state index contributed by atoms with van der Waals surface area (Å²) in [5, 5.41) is 3.31. The standard InChI is InChI=1S/C10H17N3/c1-4-9(8(2)3)13-10-11-6-5-7-12-10/h5-9H,4H2,1-3H3,(H,11,12,13)/t9-/m1/s1. The van der Waals surface area contributed by atoms with Crippen molar-refractivity contribution in [2.75, 3.05) is 5.32 Å². The Labute approximate surface area is 79.6 Å². The third-order valence-electron chi connectivity index (χ3n) is 2.12. The van der Waals surface area contributed by atoms with Crippen molar-refractivity contribution < 1.29 is 0 Å². The molecule has 72 valence electrons. The van der Waals surface area contributed by atoms with Crippen LogP contribution >= 0.6 is 0 Å². The van der Waals surface area contributed by atoms with Crippen LogP contribution in [0, 0.1) is 5.92 Å². The maximum atomic E-state index is 4.13. The zero-order valence-electron chi connectivity index (χ0n) is 8.49. The average Bonchev–Trinajstić information content (AvgIpc) is 2.15. The summed E-state index contributed by atoms with van der Waals surface area (Å²) in [6.07, 6.45) is 4.60. The summed E-state index contributed by atoms with van der Waals surface area (Å²) < 4.78 is 0. The quantitative estimate of drug-likeness (QED) is 0.770. The minimum atomic E-state index is 0.461. The maximum Gasteiger partial charge on any atom is 0.222 e. The molecule has 0 aliphatic heterocycles. The van der Waals surface area contributed by atoms with E-state index in [4.69, 9.17) is 0 Å². The van der Waals surface area contributed by atoms with Crippen LogP contribution in [0.2, 0.25) is 0 Å². The smallest absolute Gasteiger partial charge is 0.222 e. The summed E-state index contributed by atoms with van der Waals surface area (Å²) in [6.45, 7) is 6.56. The Morgan fingerprint density at radius 1 is 1.31 bits per heavy atom. The van der Waals surface area contributed by atoms with E-state index in [1.165, 1.54) is 0 Å². The molecule has 1 aromatic heterocycles. The van der Waals surface area contributed by atoms with Gasteiger partial charge in [-0.05, 0) is 18.4 Å². The highest BCUT2D eigenvalue weighted by Crippen LogP contribution is 2.10. The first-order valence-electron chi connectivity index (χ1n) is 4.77. The number of nitrogens with zero attached hydrogens (tertiary/aromatic N) is 2. The molecular formula is C10H17N3. The van der Waals surface area contributed by atoms with Crippen molar-refractivity contribution in [2.24, 2.45) is 5.92 Å². The van der Waals surface area contributed by atoms with Gasteiger partial charge in [0.25, 0.3) is 0 Å². The summed E-state index contributed by atoms with van der Waals surface area (Å²) in [5.74, 6) is 1.33. The summed E-state index contributed by atoms with van der Waals surface area (Å²) >= 11 is 0. The van der Waals surface area contributed by atoms with Crippen molar-refractivity contribution in [1.29, 1.82) is 0 Å². The molecule has 1 N–H and O–H groups in total. The van der Waals surface area contributed by atoms with Crippen molar-refractivity contribution in [2.45, 2.75) is 33.2 Å². The van der Waals surface area contributed by atoms with Crippen LogP contribution in [0.5, 0.6) is 0 Å². The molecule has 13 heavy (non-hydrogen) atoms. The van der Waals surface area contributed by atoms with Crippen molar-refractivity contribution in [3.8, 4) is 0 Å². The Morgan fingerprint density at radius 3 is 2.38 bits per heavy atom. The summed E-state index contributed by atoms with van der Waals surface area (Å²) in [6, 6.07) is 2.28. The van der Waals surface area contributed by atoms with Gasteiger partial charge in [0.05, 0.1) is 0 Å². The fourth-order valence-electron chi connectivity index (χ4n) is 1.28. The Bertz CT molecular complexity index is 233. The van der Waals surface area contributed by atoms with Gasteiger partial charge in [-0.1, -0.05) is 20.8 Å². The van der Waals surface area contributed by atoms with Crippen molar-refractivity contribution in [3.63, 3.8) is 0 Å². The Kier molecular flexibility index (Phi) is 3.68. The molecule has 0 amide bonds. The summed E-state index contributed by atoms with van der Waals surface area (Å²) in [5.41, 5.74) is 0. The van der Waals surface area contributed by atoms with Crippen LogP contribution in [-0.2, 0) is 0 Å². The minimum Gasteiger partial charge on any atom is -0.351 e. The van der Waals surface area contributed by atoms with Gasteiger partial charge in [-0.25, -0.2) is 9.97 Å². The highest BCUT2D eigenvalue weighted by Gasteiger charge is 2.10. The normalized spacial score (nSPS) is 12.9. The van der Waals surface area contributed by atoms with E-state index in [2.05, 4.69) is 36.1 Å². The second-order valence-corrected chi connectivity index (χ2v) is 3.48. The molecule has 1 aromatic rings. The van der Waals surface area contributed by atoms with Gasteiger partial charge in [-0.2, -0.15) is 0 Å². The van der Waals surface area contributed by atoms with E-state index >= 15 is 0 Å². The molecule has 0 saturated carbocycles. The molecule has 0 bridgehead atoms. The predicted molar refractivity (Wildman–Crippen MR) is 54.6 cm³/mol. The molecule has 1 heterocycles. The van der Waals surface area contributed by atoms with E-state index in [9.17, 15) is 0 Å². The minimum absolute atomic E-state index is 0.461. The molecule has 0 aliphatic carbocycles. The van der Waals surface area contributed by atoms with E-state index in [1.54, 1.807) is 12.4 Å². The number of nitrogens with one attached hydrogen (secondary N) is 1. The van der Waals surface area contributed by atoms with E-state index < -0.39 is 0 Å². The van der Waals surface area contributed by atoms with Crippen LogP contribution < -0.4 is 5.32 Å². The molecule has 1 atom stereocenters. The molecule has 0 radical (unpaired) electrons. The van der Waals surface area contributed by atoms with Gasteiger partial charge in [0.15, 0.2) is 0 Å². The molecule has 0 aromatic carbocycles. The molecule has 0 saturated heterocycles. The largest absolute Gasteiger partial charge is 0.351 e. The molecule has 0 unspecified atom stereocenters. The highest BCUT2D eigenvalue weighted by molar-refractivity contribution is 5.24. The molecule has 1 rings (SSSR count). The van der Waals surface area contributed by atoms with Crippen molar-refractivity contribution in [1.82, 2.24) is 9.97 Å². The topological polar surface area (TPSA) is 37.8 Å². The number of rotatable bonds is 4. The lowest BCUT2D eigenvalue weighted by Crippen LogP contribution is -2.25. The first-order chi connectivity index (χ1) is 6.24. The van der Waals surface area contributed by atoms with Crippen LogP contribution in [0.15, 0.2) is 18.5 Å². The highest BCUT2D eigenvalue weighted by atomic mass is 15.1. The zero-order chi connectivity index (χ0) is 9.68. The average molecular weight is 179 g/mol. The van der Waals surface area contributed by atoms with Crippen LogP contribution in [0.1, 0.15) is 27.2 Å². The molecule has 3 heteroatoms. The van der Waals surface area contributed by atoms with Crippen molar-refractivity contribution >= 4 is 5.95 Å². The van der Waals surface area contributed by atoms with Gasteiger partial charge in [0, 0.05) is 18.4 Å². The third-order valence-corrected chi connectivity index (χ3v) is 2.12. The summed E-state index contributed by atoms with van der Waals surface area (Å²) in [4.78, 5) is 8.25. The van der Waals surface area contributed by atoms with Crippen LogP contribution in [-0.4, -0.2) is 16.0 Å². The van der Waals surface area contributed by atoms with Crippen molar-refractivity contribution in [3.05, 3.63) is 18.5 Å². The van der Waals surface area contributed by atoms with Gasteiger partial charge in [0.1, 0.15) is 0 Å². The molecule has 0 fully saturated rings. The number of anilines is 1. The maximum absolute atomic E-state index is 4.13. The lowest BCUT2D eigenvalue weighted by molar-refractivity contribution is 0.508. The third kappa shape index (κ3) is 3.01. The molecular weight excluding hydrogens is 162 g/mol. The predicted octanol–water partition coefficient (Wildman–Crippen LogP) is 2.32. The van der Waals surface area contributed by atoms with E-state index in [0.717, 1.165) is 12.4 Å². The second kappa shape index (κ2) is 4.80. The van der Waals surface area contributed by atoms with Gasteiger partial charge in [0.2, 0.25) is 5.95 Å². The zero-order valence-corrected chi connectivity index (χ0v) is 8.49. The van der Waals surface area contributed by atoms with Gasteiger partial charge < -0.3 is 5.32 Å². The Balaban J connectivity index is 2.57. The van der Waals surface area contributed by atoms with Crippen LogP contribution in [0.4, 0.5) is 5.95 Å². The van der Waals surface area contributed by atoms with Gasteiger partial charge in [-0.15, -0.1) is 0 Å². The monoisotopic (exact) mass is 179 g/mol. The summed E-state index contributed by atoms with van der Waals surface area (Å²) in [7, 11) is 0. The van der Waals surface area contributed by atoms with E-state index in [-0.39, 0.29) is 0 Å². The lowest BCUT2D eigenvalue weighted by atomic mass is 10.0. The van der Waals surface area contributed by atoms with E-state index in [1.807, 2.05) is 6.07 Å². The molecule has 0 spiro atoms.